The molecule has 0 spiro atoms. The zero-order chi connectivity index (χ0) is 13.4. The summed E-state index contributed by atoms with van der Waals surface area (Å²) in [5.41, 5.74) is 1.20. The number of hydrogen-bond donors (Lipinski definition) is 2. The number of fused-ring (bicyclic) bond motifs is 2. The molecule has 1 aromatic carbocycles. The molecule has 0 radical (unpaired) electrons. The molecule has 5 heteroatoms. The van der Waals surface area contributed by atoms with Gasteiger partial charge in [-0.05, 0) is 18.9 Å². The fourth-order valence-corrected chi connectivity index (χ4v) is 3.15. The summed E-state index contributed by atoms with van der Waals surface area (Å²) in [6.07, 6.45) is 5.16. The number of carbonyl (C=O) groups excluding carboxylic acids is 1. The van der Waals surface area contributed by atoms with E-state index in [9.17, 15) is 9.18 Å². The van der Waals surface area contributed by atoms with Crippen molar-refractivity contribution in [3.05, 3.63) is 23.0 Å². The van der Waals surface area contributed by atoms with Gasteiger partial charge < -0.3 is 10.6 Å². The molecule has 1 aromatic rings. The van der Waals surface area contributed by atoms with Crippen LogP contribution < -0.4 is 10.6 Å². The van der Waals surface area contributed by atoms with Gasteiger partial charge in [-0.15, -0.1) is 0 Å². The highest BCUT2D eigenvalue weighted by Gasteiger charge is 2.33. The Morgan fingerprint density at radius 3 is 2.79 bits per heavy atom. The Balaban J connectivity index is 1.98. The minimum atomic E-state index is -0.464. The maximum absolute atomic E-state index is 13.6. The van der Waals surface area contributed by atoms with Gasteiger partial charge >= 0.3 is 0 Å². The van der Waals surface area contributed by atoms with E-state index in [0.29, 0.717) is 11.4 Å². The molecule has 1 saturated carbocycles. The van der Waals surface area contributed by atoms with Crippen LogP contribution in [0.5, 0.6) is 0 Å². The average molecular weight is 283 g/mol. The smallest absolute Gasteiger partial charge is 0.229 e. The first-order valence-corrected chi connectivity index (χ1v) is 7.09. The van der Waals surface area contributed by atoms with Gasteiger partial charge in [0.15, 0.2) is 0 Å². The molecular formula is C14H16ClFN2O. The Hall–Kier alpha value is -1.29. The van der Waals surface area contributed by atoms with E-state index < -0.39 is 5.82 Å². The third-order valence-corrected chi connectivity index (χ3v) is 4.30. The van der Waals surface area contributed by atoms with E-state index in [4.69, 9.17) is 11.6 Å². The van der Waals surface area contributed by atoms with Crippen LogP contribution in [-0.2, 0) is 4.79 Å². The first kappa shape index (κ1) is 12.7. The van der Waals surface area contributed by atoms with Crippen molar-refractivity contribution in [2.45, 2.75) is 38.1 Å². The third-order valence-electron chi connectivity index (χ3n) is 4.01. The molecule has 2 atom stereocenters. The minimum absolute atomic E-state index is 0.0147. The minimum Gasteiger partial charge on any atom is -0.380 e. The van der Waals surface area contributed by atoms with Gasteiger partial charge in [-0.2, -0.15) is 0 Å². The summed E-state index contributed by atoms with van der Waals surface area (Å²) in [4.78, 5) is 12.3. The van der Waals surface area contributed by atoms with E-state index in [2.05, 4.69) is 10.6 Å². The quantitative estimate of drug-likeness (QED) is 0.760. The van der Waals surface area contributed by atoms with Crippen LogP contribution in [0.3, 0.4) is 0 Å². The second kappa shape index (κ2) is 5.00. The van der Waals surface area contributed by atoms with Crippen molar-refractivity contribution in [3.63, 3.8) is 0 Å². The van der Waals surface area contributed by atoms with E-state index in [-0.39, 0.29) is 22.9 Å². The Kier molecular flexibility index (Phi) is 3.35. The molecule has 2 N–H and O–H groups in total. The Bertz CT molecular complexity index is 520. The Morgan fingerprint density at radius 2 is 1.95 bits per heavy atom. The zero-order valence-electron chi connectivity index (χ0n) is 10.5. The number of amides is 1. The number of rotatable bonds is 0. The van der Waals surface area contributed by atoms with E-state index in [1.54, 1.807) is 0 Å². The van der Waals surface area contributed by atoms with Gasteiger partial charge in [0.05, 0.1) is 22.3 Å². The standard InChI is InChI=1S/C14H16ClFN2O/c15-9-6-12-13(7-10(9)16)17-11-5-3-1-2-4-8(11)14(19)18-12/h6-8,11,17H,1-5H2,(H,18,19). The lowest BCUT2D eigenvalue weighted by Crippen LogP contribution is -2.34. The van der Waals surface area contributed by atoms with E-state index in [1.165, 1.54) is 12.1 Å². The first-order chi connectivity index (χ1) is 9.15. The molecule has 1 amide bonds. The summed E-state index contributed by atoms with van der Waals surface area (Å²) in [6, 6.07) is 2.93. The van der Waals surface area contributed by atoms with Gasteiger partial charge in [0.1, 0.15) is 5.82 Å². The number of nitrogens with one attached hydrogen (secondary N) is 2. The van der Waals surface area contributed by atoms with Crippen LogP contribution >= 0.6 is 11.6 Å². The summed E-state index contributed by atoms with van der Waals surface area (Å²) in [5, 5.41) is 6.21. The van der Waals surface area contributed by atoms with Crippen molar-refractivity contribution < 1.29 is 9.18 Å². The maximum Gasteiger partial charge on any atom is 0.229 e. The molecule has 0 aromatic heterocycles. The molecule has 3 rings (SSSR count). The van der Waals surface area contributed by atoms with Crippen LogP contribution in [0.2, 0.25) is 5.02 Å². The van der Waals surface area contributed by atoms with Crippen LogP contribution in [0.25, 0.3) is 0 Å². The second-order valence-corrected chi connectivity index (χ2v) is 5.70. The molecular weight excluding hydrogens is 267 g/mol. The molecule has 2 aliphatic rings. The summed E-state index contributed by atoms with van der Waals surface area (Å²) < 4.78 is 13.6. The van der Waals surface area contributed by atoms with Crippen LogP contribution in [0.1, 0.15) is 32.1 Å². The molecule has 19 heavy (non-hydrogen) atoms. The molecule has 1 aliphatic heterocycles. The molecule has 2 unspecified atom stereocenters. The van der Waals surface area contributed by atoms with Gasteiger partial charge in [0, 0.05) is 12.1 Å². The van der Waals surface area contributed by atoms with Crippen molar-refractivity contribution in [2.24, 2.45) is 5.92 Å². The topological polar surface area (TPSA) is 41.1 Å². The van der Waals surface area contributed by atoms with E-state index >= 15 is 0 Å². The number of benzene rings is 1. The maximum atomic E-state index is 13.6. The van der Waals surface area contributed by atoms with Gasteiger partial charge in [0.2, 0.25) is 5.91 Å². The summed E-state index contributed by atoms with van der Waals surface area (Å²) in [7, 11) is 0. The van der Waals surface area contributed by atoms with Crippen molar-refractivity contribution in [3.8, 4) is 0 Å². The number of carbonyl (C=O) groups is 1. The molecule has 0 saturated heterocycles. The lowest BCUT2D eigenvalue weighted by Gasteiger charge is -2.22. The predicted molar refractivity (Wildman–Crippen MR) is 74.0 cm³/mol. The SMILES string of the molecule is O=C1Nc2cc(Cl)c(F)cc2NC2CCCCCC12. The highest BCUT2D eigenvalue weighted by atomic mass is 35.5. The van der Waals surface area contributed by atoms with Crippen molar-refractivity contribution in [2.75, 3.05) is 10.6 Å². The van der Waals surface area contributed by atoms with Crippen molar-refractivity contribution >= 4 is 28.9 Å². The summed E-state index contributed by atoms with van der Waals surface area (Å²) >= 11 is 5.77. The third kappa shape index (κ3) is 2.41. The van der Waals surface area contributed by atoms with Gasteiger partial charge in [0.25, 0.3) is 0 Å². The summed E-state index contributed by atoms with van der Waals surface area (Å²) in [5.74, 6) is -0.494. The van der Waals surface area contributed by atoms with Gasteiger partial charge in [-0.3, -0.25) is 4.79 Å². The number of anilines is 2. The van der Waals surface area contributed by atoms with Crippen LogP contribution in [0.15, 0.2) is 12.1 Å². The normalized spacial score (nSPS) is 26.3. The fourth-order valence-electron chi connectivity index (χ4n) is 2.99. The van der Waals surface area contributed by atoms with Gasteiger partial charge in [-0.1, -0.05) is 30.9 Å². The number of hydrogen-bond acceptors (Lipinski definition) is 2. The van der Waals surface area contributed by atoms with Crippen molar-refractivity contribution in [1.29, 1.82) is 0 Å². The van der Waals surface area contributed by atoms with Crippen molar-refractivity contribution in [1.82, 2.24) is 0 Å². The molecule has 0 bridgehead atoms. The largest absolute Gasteiger partial charge is 0.380 e. The molecule has 1 heterocycles. The molecule has 1 fully saturated rings. The van der Waals surface area contributed by atoms with Crippen LogP contribution in [0.4, 0.5) is 15.8 Å². The predicted octanol–water partition coefficient (Wildman–Crippen LogP) is 3.79. The lowest BCUT2D eigenvalue weighted by atomic mass is 9.94. The number of halogens is 2. The van der Waals surface area contributed by atoms with Gasteiger partial charge in [-0.25, -0.2) is 4.39 Å². The highest BCUT2D eigenvalue weighted by molar-refractivity contribution is 6.31. The molecule has 102 valence electrons. The lowest BCUT2D eigenvalue weighted by molar-refractivity contribution is -0.120. The first-order valence-electron chi connectivity index (χ1n) is 6.71. The molecule has 1 aliphatic carbocycles. The molecule has 3 nitrogen and oxygen atoms in total. The fraction of sp³-hybridized carbons (Fsp3) is 0.500. The van der Waals surface area contributed by atoms with Crippen LogP contribution in [0, 0.1) is 11.7 Å². The van der Waals surface area contributed by atoms with E-state index in [0.717, 1.165) is 32.1 Å². The highest BCUT2D eigenvalue weighted by Crippen LogP contribution is 2.36. The zero-order valence-corrected chi connectivity index (χ0v) is 11.3. The second-order valence-electron chi connectivity index (χ2n) is 5.30. The van der Waals surface area contributed by atoms with Crippen LogP contribution in [-0.4, -0.2) is 11.9 Å². The Morgan fingerprint density at radius 1 is 1.16 bits per heavy atom. The monoisotopic (exact) mass is 282 g/mol. The van der Waals surface area contributed by atoms with E-state index in [1.807, 2.05) is 0 Å². The summed E-state index contributed by atoms with van der Waals surface area (Å²) in [6.45, 7) is 0. The Labute approximate surface area is 116 Å². The average Bonchev–Trinajstić information content (AvgIpc) is 2.65.